The van der Waals surface area contributed by atoms with Crippen molar-refractivity contribution in [2.45, 2.75) is 251 Å². The minimum Gasteiger partial charge on any atom is -0.462 e. The summed E-state index contributed by atoms with van der Waals surface area (Å²) >= 11 is 0. The zero-order chi connectivity index (χ0) is 47.0. The second kappa shape index (κ2) is 47.2. The molecule has 0 rings (SSSR count). The van der Waals surface area contributed by atoms with Crippen molar-refractivity contribution in [1.82, 2.24) is 0 Å². The van der Waals surface area contributed by atoms with Crippen LogP contribution in [0.25, 0.3) is 0 Å². The summed E-state index contributed by atoms with van der Waals surface area (Å²) < 4.78 is 39.3. The van der Waals surface area contributed by atoms with Gasteiger partial charge in [-0.2, -0.15) is 0 Å². The molecule has 12 heteroatoms. The van der Waals surface area contributed by atoms with Crippen molar-refractivity contribution < 1.29 is 52.2 Å². The highest BCUT2D eigenvalue weighted by Gasteiger charge is 2.28. The second-order valence-electron chi connectivity index (χ2n) is 17.3. The van der Waals surface area contributed by atoms with E-state index in [1.165, 1.54) is 77.0 Å². The topological polar surface area (TPSA) is 155 Å². The number of aliphatic hydroxyl groups is 1. The summed E-state index contributed by atoms with van der Waals surface area (Å²) in [6.07, 6.45) is 45.5. The van der Waals surface area contributed by atoms with Crippen LogP contribution in [0.3, 0.4) is 0 Å². The third kappa shape index (κ3) is 44.9. The minimum atomic E-state index is -4.74. The number of ether oxygens (including phenoxy) is 3. The standard InChI is InChI=1S/C52H95O11P/c1-4-7-10-13-16-19-21-23-24-26-28-31-34-37-40-43-52(56)63-49(45-59-50(54)41-38-35-32-29-18-15-12-9-6-3)47-61-64(57,58)60-46-48(44-53)62-51(55)42-39-36-33-30-27-25-22-20-17-14-11-8-5-2/h11,14,20,22-24,48-49,53H,4-10,12-13,15-19,21,25-47H2,1-3H3,(H,57,58)/b14-11-,22-20-,24-23-. The molecule has 0 heterocycles. The van der Waals surface area contributed by atoms with E-state index < -0.39 is 57.8 Å². The number of hydrogen-bond acceptors (Lipinski definition) is 10. The average Bonchev–Trinajstić information content (AvgIpc) is 3.28. The van der Waals surface area contributed by atoms with Crippen LogP contribution in [0.1, 0.15) is 239 Å². The number of rotatable bonds is 48. The summed E-state index contributed by atoms with van der Waals surface area (Å²) in [5.74, 6) is -1.48. The first-order valence-electron chi connectivity index (χ1n) is 25.9. The molecule has 0 aliphatic heterocycles. The predicted molar refractivity (Wildman–Crippen MR) is 261 cm³/mol. The van der Waals surface area contributed by atoms with Crippen LogP contribution in [0.15, 0.2) is 36.5 Å². The summed E-state index contributed by atoms with van der Waals surface area (Å²) in [7, 11) is -4.74. The monoisotopic (exact) mass is 927 g/mol. The van der Waals surface area contributed by atoms with Gasteiger partial charge in [-0.1, -0.05) is 186 Å². The normalized spacial score (nSPS) is 13.8. The summed E-state index contributed by atoms with van der Waals surface area (Å²) in [5, 5.41) is 9.76. The van der Waals surface area contributed by atoms with Gasteiger partial charge in [-0.3, -0.25) is 23.4 Å². The molecule has 0 aliphatic rings. The maximum atomic E-state index is 12.8. The Bertz CT molecular complexity index is 1220. The number of carbonyl (C=O) groups is 3. The van der Waals surface area contributed by atoms with Crippen molar-refractivity contribution in [1.29, 1.82) is 0 Å². The number of carbonyl (C=O) groups excluding carboxylic acids is 3. The zero-order valence-corrected chi connectivity index (χ0v) is 41.9. The van der Waals surface area contributed by atoms with E-state index in [1.807, 2.05) is 0 Å². The fourth-order valence-electron chi connectivity index (χ4n) is 7.04. The summed E-state index contributed by atoms with van der Waals surface area (Å²) in [6.45, 7) is 4.53. The second-order valence-corrected chi connectivity index (χ2v) is 18.8. The highest BCUT2D eigenvalue weighted by atomic mass is 31.2. The van der Waals surface area contributed by atoms with Crippen molar-refractivity contribution in [3.8, 4) is 0 Å². The molecule has 0 aromatic heterocycles. The Morgan fingerprint density at radius 3 is 1.23 bits per heavy atom. The van der Waals surface area contributed by atoms with Crippen molar-refractivity contribution in [2.24, 2.45) is 0 Å². The van der Waals surface area contributed by atoms with Crippen LogP contribution in [0.5, 0.6) is 0 Å². The molecule has 0 saturated heterocycles. The Morgan fingerprint density at radius 2 is 0.797 bits per heavy atom. The lowest BCUT2D eigenvalue weighted by molar-refractivity contribution is -0.161. The fourth-order valence-corrected chi connectivity index (χ4v) is 7.82. The summed E-state index contributed by atoms with van der Waals surface area (Å²) in [4.78, 5) is 48.2. The summed E-state index contributed by atoms with van der Waals surface area (Å²) in [5.41, 5.74) is 0. The number of phosphoric ester groups is 1. The Hall–Kier alpha value is -2.30. The number of unbranched alkanes of at least 4 members (excludes halogenated alkanes) is 25. The van der Waals surface area contributed by atoms with Crippen LogP contribution in [-0.4, -0.2) is 66.5 Å². The molecule has 0 aliphatic carbocycles. The highest BCUT2D eigenvalue weighted by molar-refractivity contribution is 7.47. The first kappa shape index (κ1) is 61.7. The van der Waals surface area contributed by atoms with Crippen molar-refractivity contribution in [3.05, 3.63) is 36.5 Å². The molecule has 0 aromatic carbocycles. The Labute approximate surface area is 390 Å². The van der Waals surface area contributed by atoms with Gasteiger partial charge in [0.2, 0.25) is 0 Å². The average molecular weight is 927 g/mol. The smallest absolute Gasteiger partial charge is 0.462 e. The molecule has 0 saturated carbocycles. The number of allylic oxidation sites excluding steroid dienone is 6. The van der Waals surface area contributed by atoms with E-state index in [9.17, 15) is 28.9 Å². The maximum Gasteiger partial charge on any atom is 0.472 e. The predicted octanol–water partition coefficient (Wildman–Crippen LogP) is 14.5. The lowest BCUT2D eigenvalue weighted by Crippen LogP contribution is -2.30. The van der Waals surface area contributed by atoms with Gasteiger partial charge in [0, 0.05) is 19.3 Å². The third-order valence-electron chi connectivity index (χ3n) is 11.0. The van der Waals surface area contributed by atoms with Gasteiger partial charge in [-0.05, 0) is 70.6 Å². The molecule has 0 fully saturated rings. The maximum absolute atomic E-state index is 12.8. The largest absolute Gasteiger partial charge is 0.472 e. The van der Waals surface area contributed by atoms with Crippen LogP contribution in [0.2, 0.25) is 0 Å². The lowest BCUT2D eigenvalue weighted by atomic mass is 10.1. The minimum absolute atomic E-state index is 0.160. The van der Waals surface area contributed by atoms with Gasteiger partial charge in [0.25, 0.3) is 0 Å². The van der Waals surface area contributed by atoms with E-state index >= 15 is 0 Å². The van der Waals surface area contributed by atoms with Crippen LogP contribution in [0, 0.1) is 0 Å². The van der Waals surface area contributed by atoms with E-state index in [4.69, 9.17) is 23.3 Å². The third-order valence-corrected chi connectivity index (χ3v) is 12.0. The molecular formula is C52H95O11P. The van der Waals surface area contributed by atoms with Gasteiger partial charge >= 0.3 is 25.7 Å². The molecule has 0 amide bonds. The molecule has 64 heavy (non-hydrogen) atoms. The number of hydrogen-bond donors (Lipinski definition) is 2. The first-order chi connectivity index (χ1) is 31.2. The number of aliphatic hydroxyl groups excluding tert-OH is 1. The first-order valence-corrected chi connectivity index (χ1v) is 27.4. The Balaban J connectivity index is 4.71. The Kier molecular flexibility index (Phi) is 45.5. The molecule has 3 unspecified atom stereocenters. The zero-order valence-electron chi connectivity index (χ0n) is 41.0. The molecule has 0 aromatic rings. The SMILES string of the molecule is CCC/C=C\C/C=C\CCCCCCCC(=O)OC(CO)COP(=O)(O)OCC(COC(=O)CCCCCCCCCCC)OC(=O)CCCCCCC/C=C\CCCCCCCC. The number of esters is 3. The Morgan fingerprint density at radius 1 is 0.438 bits per heavy atom. The molecule has 11 nitrogen and oxygen atoms in total. The van der Waals surface area contributed by atoms with E-state index in [0.29, 0.717) is 19.3 Å². The highest BCUT2D eigenvalue weighted by Crippen LogP contribution is 2.43. The van der Waals surface area contributed by atoms with Crippen molar-refractivity contribution in [3.63, 3.8) is 0 Å². The molecule has 2 N–H and O–H groups in total. The van der Waals surface area contributed by atoms with E-state index in [1.54, 1.807) is 0 Å². The summed E-state index contributed by atoms with van der Waals surface area (Å²) in [6, 6.07) is 0. The molecule has 0 spiro atoms. The van der Waals surface area contributed by atoms with Gasteiger partial charge in [0.15, 0.2) is 6.10 Å². The molecule has 0 bridgehead atoms. The number of phosphoric acid groups is 1. The molecule has 374 valence electrons. The van der Waals surface area contributed by atoms with Gasteiger partial charge in [-0.15, -0.1) is 0 Å². The quantitative estimate of drug-likeness (QED) is 0.0197. The molecular weight excluding hydrogens is 832 g/mol. The molecule has 3 atom stereocenters. The van der Waals surface area contributed by atoms with E-state index in [2.05, 4.69) is 57.2 Å². The van der Waals surface area contributed by atoms with Gasteiger partial charge in [-0.25, -0.2) is 4.57 Å². The van der Waals surface area contributed by atoms with Crippen LogP contribution < -0.4 is 0 Å². The van der Waals surface area contributed by atoms with Crippen molar-refractivity contribution >= 4 is 25.7 Å². The lowest BCUT2D eigenvalue weighted by Gasteiger charge is -2.21. The van der Waals surface area contributed by atoms with E-state index in [-0.39, 0.29) is 25.9 Å². The van der Waals surface area contributed by atoms with Gasteiger partial charge < -0.3 is 24.2 Å². The van der Waals surface area contributed by atoms with Gasteiger partial charge in [0.05, 0.1) is 19.8 Å². The van der Waals surface area contributed by atoms with Crippen LogP contribution in [-0.2, 0) is 42.2 Å². The van der Waals surface area contributed by atoms with Crippen molar-refractivity contribution in [2.75, 3.05) is 26.4 Å². The van der Waals surface area contributed by atoms with Gasteiger partial charge in [0.1, 0.15) is 12.7 Å². The van der Waals surface area contributed by atoms with Crippen LogP contribution in [0.4, 0.5) is 0 Å². The fraction of sp³-hybridized carbons (Fsp3) is 0.827. The molecule has 0 radical (unpaired) electrons. The van der Waals surface area contributed by atoms with Crippen LogP contribution >= 0.6 is 7.82 Å². The van der Waals surface area contributed by atoms with E-state index in [0.717, 1.165) is 103 Å².